The average molecular weight is 168 g/mol. The van der Waals surface area contributed by atoms with Gasteiger partial charge in [0.2, 0.25) is 0 Å². The van der Waals surface area contributed by atoms with Crippen LogP contribution in [0.5, 0.6) is 0 Å². The van der Waals surface area contributed by atoms with Gasteiger partial charge in [0, 0.05) is 13.1 Å². The summed E-state index contributed by atoms with van der Waals surface area (Å²) >= 11 is 0. The first-order valence-electron chi connectivity index (χ1n) is 4.43. The smallest absolute Gasteiger partial charge is 0.109 e. The minimum Gasteiger partial charge on any atom is -0.382 e. The van der Waals surface area contributed by atoms with Crippen LogP contribution in [0.4, 0.5) is 0 Å². The lowest BCUT2D eigenvalue weighted by atomic mass is 9.78. The first-order valence-corrected chi connectivity index (χ1v) is 4.43. The number of hydrogen-bond donors (Lipinski definition) is 0. The predicted molar refractivity (Wildman–Crippen MR) is 49.2 cm³/mol. The Morgan fingerprint density at radius 3 is 2.42 bits per heavy atom. The highest BCUT2D eigenvalue weighted by Gasteiger charge is 2.45. The van der Waals surface area contributed by atoms with Crippen LogP contribution in [0.15, 0.2) is 0 Å². The zero-order chi connectivity index (χ0) is 9.35. The van der Waals surface area contributed by atoms with Gasteiger partial charge in [-0.2, -0.15) is 0 Å². The van der Waals surface area contributed by atoms with E-state index in [9.17, 15) is 0 Å². The largest absolute Gasteiger partial charge is 0.382 e. The summed E-state index contributed by atoms with van der Waals surface area (Å²) < 4.78 is 10.8. The van der Waals surface area contributed by atoms with Gasteiger partial charge in [0.1, 0.15) is 7.85 Å². The highest BCUT2D eigenvalue weighted by atomic mass is 16.5. The molecule has 0 unspecified atom stereocenters. The molecule has 0 spiro atoms. The van der Waals surface area contributed by atoms with Gasteiger partial charge in [-0.3, -0.25) is 0 Å². The van der Waals surface area contributed by atoms with Gasteiger partial charge in [-0.1, -0.05) is 13.8 Å². The molecule has 0 aliphatic carbocycles. The summed E-state index contributed by atoms with van der Waals surface area (Å²) in [6.45, 7) is 6.96. The number of ether oxygens (including phenoxy) is 2. The molecule has 4 atom stereocenters. The van der Waals surface area contributed by atoms with Crippen LogP contribution in [-0.4, -0.2) is 33.2 Å². The van der Waals surface area contributed by atoms with E-state index in [2.05, 4.69) is 20.8 Å². The quantitative estimate of drug-likeness (QED) is 0.576. The van der Waals surface area contributed by atoms with Crippen LogP contribution in [-0.2, 0) is 9.47 Å². The Labute approximate surface area is 76.0 Å². The van der Waals surface area contributed by atoms with Crippen molar-refractivity contribution in [2.45, 2.75) is 32.4 Å². The number of hydrogen-bond acceptors (Lipinski definition) is 2. The zero-order valence-electron chi connectivity index (χ0n) is 8.33. The topological polar surface area (TPSA) is 18.5 Å². The number of rotatable bonds is 2. The Hall–Kier alpha value is -0.0151. The van der Waals surface area contributed by atoms with Crippen molar-refractivity contribution in [3.63, 3.8) is 0 Å². The van der Waals surface area contributed by atoms with Gasteiger partial charge in [-0.15, -0.1) is 0 Å². The molecule has 1 fully saturated rings. The molecular formula is C9H17BO2. The molecule has 1 saturated heterocycles. The molecule has 0 aromatic carbocycles. The van der Waals surface area contributed by atoms with E-state index in [0.717, 1.165) is 0 Å². The summed E-state index contributed by atoms with van der Waals surface area (Å²) in [4.78, 5) is 0. The van der Waals surface area contributed by atoms with Gasteiger partial charge in [-0.25, -0.2) is 0 Å². The fourth-order valence-electron chi connectivity index (χ4n) is 1.82. The van der Waals surface area contributed by atoms with Crippen LogP contribution in [0, 0.1) is 11.8 Å². The summed E-state index contributed by atoms with van der Waals surface area (Å²) in [6.07, 6.45) is 0. The highest BCUT2D eigenvalue weighted by molar-refractivity contribution is 6.11. The van der Waals surface area contributed by atoms with Crippen LogP contribution in [0.2, 0.25) is 0 Å². The van der Waals surface area contributed by atoms with Gasteiger partial charge in [0.25, 0.3) is 0 Å². The van der Waals surface area contributed by atoms with Crippen molar-refractivity contribution in [1.82, 2.24) is 0 Å². The zero-order valence-corrected chi connectivity index (χ0v) is 8.33. The van der Waals surface area contributed by atoms with Crippen LogP contribution < -0.4 is 0 Å². The second-order valence-corrected chi connectivity index (χ2v) is 3.98. The second-order valence-electron chi connectivity index (χ2n) is 3.98. The van der Waals surface area contributed by atoms with E-state index in [4.69, 9.17) is 17.3 Å². The van der Waals surface area contributed by atoms with E-state index in [-0.39, 0.29) is 11.6 Å². The standard InChI is InChI=1S/C9H17BO2/c1-6-7(2)9(3,5-11-4)12-8(6)10/h6-8H,5H2,1-4H3/t6-,7+,8-,9-/m0/s1. The Morgan fingerprint density at radius 1 is 1.50 bits per heavy atom. The lowest BCUT2D eigenvalue weighted by molar-refractivity contribution is -0.0661. The van der Waals surface area contributed by atoms with E-state index < -0.39 is 0 Å². The molecule has 2 radical (unpaired) electrons. The molecule has 0 saturated carbocycles. The monoisotopic (exact) mass is 168 g/mol. The summed E-state index contributed by atoms with van der Waals surface area (Å²) in [5.74, 6) is 0.859. The van der Waals surface area contributed by atoms with Crippen molar-refractivity contribution in [3.8, 4) is 0 Å². The molecule has 68 valence electrons. The van der Waals surface area contributed by atoms with Gasteiger partial charge < -0.3 is 9.47 Å². The maximum Gasteiger partial charge on any atom is 0.109 e. The van der Waals surface area contributed by atoms with Gasteiger partial charge in [-0.05, 0) is 18.8 Å². The maximum absolute atomic E-state index is 5.80. The molecule has 0 bridgehead atoms. The molecule has 1 heterocycles. The molecule has 0 aromatic heterocycles. The van der Waals surface area contributed by atoms with Crippen LogP contribution >= 0.6 is 0 Å². The van der Waals surface area contributed by atoms with Crippen molar-refractivity contribution in [2.24, 2.45) is 11.8 Å². The van der Waals surface area contributed by atoms with Gasteiger partial charge in [0.15, 0.2) is 0 Å². The fourth-order valence-corrected chi connectivity index (χ4v) is 1.82. The van der Waals surface area contributed by atoms with Gasteiger partial charge >= 0.3 is 0 Å². The Kier molecular flexibility index (Phi) is 2.84. The SMILES string of the molecule is [B][C@H]1O[C@@](C)(COC)[C@H](C)[C@@H]1C. The number of methoxy groups -OCH3 is 1. The normalized spacial score (nSPS) is 48.2. The summed E-state index contributed by atoms with van der Waals surface area (Å²) in [7, 11) is 7.49. The third kappa shape index (κ3) is 1.53. The lowest BCUT2D eigenvalue weighted by Gasteiger charge is -2.28. The van der Waals surface area contributed by atoms with Crippen LogP contribution in [0.25, 0.3) is 0 Å². The molecule has 1 rings (SSSR count). The Bertz CT molecular complexity index is 163. The highest BCUT2D eigenvalue weighted by Crippen LogP contribution is 2.38. The third-order valence-corrected chi connectivity index (χ3v) is 3.11. The van der Waals surface area contributed by atoms with E-state index in [0.29, 0.717) is 18.4 Å². The molecule has 3 heteroatoms. The maximum atomic E-state index is 5.80. The predicted octanol–water partition coefficient (Wildman–Crippen LogP) is 1.19. The van der Waals surface area contributed by atoms with Crippen molar-refractivity contribution in [1.29, 1.82) is 0 Å². The second kappa shape index (κ2) is 3.39. The minimum absolute atomic E-state index is 0.139. The van der Waals surface area contributed by atoms with Gasteiger partial charge in [0.05, 0.1) is 12.2 Å². The van der Waals surface area contributed by atoms with Crippen LogP contribution in [0.1, 0.15) is 20.8 Å². The average Bonchev–Trinajstić information content (AvgIpc) is 2.17. The lowest BCUT2D eigenvalue weighted by Crippen LogP contribution is -2.36. The first kappa shape index (κ1) is 10.1. The third-order valence-electron chi connectivity index (χ3n) is 3.11. The Balaban J connectivity index is 2.67. The molecule has 2 nitrogen and oxygen atoms in total. The van der Waals surface area contributed by atoms with Crippen molar-refractivity contribution < 1.29 is 9.47 Å². The van der Waals surface area contributed by atoms with E-state index in [1.54, 1.807) is 7.11 Å². The van der Waals surface area contributed by atoms with Crippen molar-refractivity contribution in [3.05, 3.63) is 0 Å². The summed E-state index contributed by atoms with van der Waals surface area (Å²) in [5, 5.41) is 0. The van der Waals surface area contributed by atoms with Crippen molar-refractivity contribution >= 4 is 7.85 Å². The Morgan fingerprint density at radius 2 is 2.08 bits per heavy atom. The molecule has 0 N–H and O–H groups in total. The molecule has 12 heavy (non-hydrogen) atoms. The van der Waals surface area contributed by atoms with E-state index in [1.165, 1.54) is 0 Å². The fraction of sp³-hybridized carbons (Fsp3) is 1.00. The van der Waals surface area contributed by atoms with E-state index in [1.807, 2.05) is 0 Å². The molecular weight excluding hydrogens is 151 g/mol. The van der Waals surface area contributed by atoms with Crippen molar-refractivity contribution in [2.75, 3.05) is 13.7 Å². The minimum atomic E-state index is -0.201. The molecule has 0 aromatic rings. The van der Waals surface area contributed by atoms with E-state index >= 15 is 0 Å². The summed E-state index contributed by atoms with van der Waals surface area (Å²) in [6, 6.07) is -0.139. The molecule has 0 amide bonds. The molecule has 1 aliphatic heterocycles. The first-order chi connectivity index (χ1) is 5.51. The van der Waals surface area contributed by atoms with Crippen LogP contribution in [0.3, 0.4) is 0 Å². The molecule has 1 aliphatic rings. The summed E-state index contributed by atoms with van der Waals surface area (Å²) in [5.41, 5.74) is -0.201.